The zero-order valence-corrected chi connectivity index (χ0v) is 10.2. The molecule has 1 aliphatic heterocycles. The minimum absolute atomic E-state index is 0.0499. The van der Waals surface area contributed by atoms with E-state index in [1.807, 2.05) is 20.0 Å². The second-order valence-corrected chi connectivity index (χ2v) is 4.74. The van der Waals surface area contributed by atoms with Gasteiger partial charge in [-0.1, -0.05) is 6.07 Å². The van der Waals surface area contributed by atoms with E-state index in [2.05, 4.69) is 10.2 Å². The quantitative estimate of drug-likeness (QED) is 0.806. The van der Waals surface area contributed by atoms with Crippen molar-refractivity contribution in [3.63, 3.8) is 0 Å². The first-order valence-electron chi connectivity index (χ1n) is 5.85. The van der Waals surface area contributed by atoms with E-state index < -0.39 is 0 Å². The molecular formula is C13H18N2O2. The predicted octanol–water partition coefficient (Wildman–Crippen LogP) is 1.13. The minimum Gasteiger partial charge on any atom is -0.507 e. The van der Waals surface area contributed by atoms with Crippen LogP contribution < -0.4 is 5.32 Å². The summed E-state index contributed by atoms with van der Waals surface area (Å²) < 4.78 is 0. The lowest BCUT2D eigenvalue weighted by Crippen LogP contribution is -2.36. The van der Waals surface area contributed by atoms with Crippen molar-refractivity contribution in [2.24, 2.45) is 0 Å². The van der Waals surface area contributed by atoms with Crippen LogP contribution in [0.25, 0.3) is 0 Å². The van der Waals surface area contributed by atoms with Crippen LogP contribution in [0.4, 0.5) is 0 Å². The molecule has 4 nitrogen and oxygen atoms in total. The molecule has 1 atom stereocenters. The van der Waals surface area contributed by atoms with Crippen molar-refractivity contribution < 1.29 is 9.90 Å². The lowest BCUT2D eigenvalue weighted by Gasteiger charge is -2.13. The number of aryl methyl sites for hydroxylation is 1. The third kappa shape index (κ3) is 2.77. The van der Waals surface area contributed by atoms with Crippen molar-refractivity contribution in [1.29, 1.82) is 0 Å². The maximum Gasteiger partial charge on any atom is 0.255 e. The summed E-state index contributed by atoms with van der Waals surface area (Å²) in [5.74, 6) is -0.142. The van der Waals surface area contributed by atoms with Crippen molar-refractivity contribution in [2.75, 3.05) is 20.1 Å². The molecule has 2 N–H and O–H groups in total. The summed E-state index contributed by atoms with van der Waals surface area (Å²) in [5.41, 5.74) is 1.30. The minimum atomic E-state index is -0.192. The number of hydrogen-bond acceptors (Lipinski definition) is 3. The summed E-state index contributed by atoms with van der Waals surface area (Å²) in [5, 5.41) is 12.7. The average Bonchev–Trinajstić information content (AvgIpc) is 2.63. The van der Waals surface area contributed by atoms with Gasteiger partial charge >= 0.3 is 0 Å². The van der Waals surface area contributed by atoms with E-state index in [4.69, 9.17) is 0 Å². The summed E-state index contributed by atoms with van der Waals surface area (Å²) in [6.45, 7) is 3.76. The van der Waals surface area contributed by atoms with Crippen LogP contribution in [-0.4, -0.2) is 42.1 Å². The number of aromatic hydroxyl groups is 1. The van der Waals surface area contributed by atoms with Gasteiger partial charge in [0.25, 0.3) is 5.91 Å². The third-order valence-corrected chi connectivity index (χ3v) is 3.12. The monoisotopic (exact) mass is 234 g/mol. The van der Waals surface area contributed by atoms with Crippen LogP contribution >= 0.6 is 0 Å². The highest BCUT2D eigenvalue weighted by atomic mass is 16.3. The first-order chi connectivity index (χ1) is 8.06. The van der Waals surface area contributed by atoms with Crippen LogP contribution in [0.3, 0.4) is 0 Å². The molecule has 1 amide bonds. The Kier molecular flexibility index (Phi) is 3.33. The van der Waals surface area contributed by atoms with Crippen LogP contribution in [0, 0.1) is 6.92 Å². The Labute approximate surface area is 101 Å². The zero-order chi connectivity index (χ0) is 12.4. The molecule has 0 spiro atoms. The van der Waals surface area contributed by atoms with E-state index in [-0.39, 0.29) is 17.7 Å². The molecule has 0 bridgehead atoms. The maximum absolute atomic E-state index is 11.9. The summed E-state index contributed by atoms with van der Waals surface area (Å²) in [6.07, 6.45) is 0.967. The zero-order valence-electron chi connectivity index (χ0n) is 10.2. The molecule has 1 aromatic carbocycles. The second kappa shape index (κ2) is 4.75. The van der Waals surface area contributed by atoms with Crippen LogP contribution in [0.1, 0.15) is 22.3 Å². The standard InChI is InChI=1S/C13H18N2O2/c1-9-3-4-11(12(16)7-9)13(17)14-10-5-6-15(2)8-10/h3-4,7,10,16H,5-6,8H2,1-2H3,(H,14,17). The molecule has 2 rings (SSSR count). The van der Waals surface area contributed by atoms with Gasteiger partial charge in [-0.15, -0.1) is 0 Å². The molecule has 1 saturated heterocycles. The number of nitrogens with zero attached hydrogens (tertiary/aromatic N) is 1. The van der Waals surface area contributed by atoms with E-state index in [1.54, 1.807) is 12.1 Å². The van der Waals surface area contributed by atoms with Crippen molar-refractivity contribution >= 4 is 5.91 Å². The molecule has 0 saturated carbocycles. The number of likely N-dealkylation sites (tertiary alicyclic amines) is 1. The molecule has 0 aromatic heterocycles. The molecule has 0 radical (unpaired) electrons. The first-order valence-corrected chi connectivity index (χ1v) is 5.85. The predicted molar refractivity (Wildman–Crippen MR) is 66.2 cm³/mol. The Hall–Kier alpha value is -1.55. The largest absolute Gasteiger partial charge is 0.507 e. The maximum atomic E-state index is 11.9. The number of phenolic OH excluding ortho intramolecular Hbond substituents is 1. The summed E-state index contributed by atoms with van der Waals surface area (Å²) in [6, 6.07) is 5.29. The van der Waals surface area contributed by atoms with Gasteiger partial charge in [-0.3, -0.25) is 4.79 Å². The Morgan fingerprint density at radius 3 is 2.88 bits per heavy atom. The Bertz CT molecular complexity index is 431. The molecular weight excluding hydrogens is 216 g/mol. The van der Waals surface area contributed by atoms with Gasteiger partial charge in [-0.05, 0) is 44.6 Å². The highest BCUT2D eigenvalue weighted by Crippen LogP contribution is 2.19. The summed E-state index contributed by atoms with van der Waals surface area (Å²) >= 11 is 0. The highest BCUT2D eigenvalue weighted by Gasteiger charge is 2.22. The summed E-state index contributed by atoms with van der Waals surface area (Å²) in [7, 11) is 2.04. The average molecular weight is 234 g/mol. The Morgan fingerprint density at radius 1 is 1.53 bits per heavy atom. The molecule has 1 aromatic rings. The lowest BCUT2D eigenvalue weighted by molar-refractivity contribution is 0.0936. The number of amides is 1. The van der Waals surface area contributed by atoms with E-state index in [1.165, 1.54) is 0 Å². The molecule has 4 heteroatoms. The molecule has 1 aliphatic rings. The molecule has 0 aliphatic carbocycles. The number of benzene rings is 1. The van der Waals surface area contributed by atoms with E-state index >= 15 is 0 Å². The van der Waals surface area contributed by atoms with Crippen molar-refractivity contribution in [3.8, 4) is 5.75 Å². The van der Waals surface area contributed by atoms with Crippen molar-refractivity contribution in [3.05, 3.63) is 29.3 Å². The van der Waals surface area contributed by atoms with Crippen LogP contribution in [0.15, 0.2) is 18.2 Å². The topological polar surface area (TPSA) is 52.6 Å². The van der Waals surface area contributed by atoms with Crippen molar-refractivity contribution in [2.45, 2.75) is 19.4 Å². The lowest BCUT2D eigenvalue weighted by atomic mass is 10.1. The highest BCUT2D eigenvalue weighted by molar-refractivity contribution is 5.97. The smallest absolute Gasteiger partial charge is 0.255 e. The number of nitrogens with one attached hydrogen (secondary N) is 1. The first kappa shape index (κ1) is 11.9. The Balaban J connectivity index is 2.04. The number of carbonyl (C=O) groups excluding carboxylic acids is 1. The van der Waals surface area contributed by atoms with Crippen molar-refractivity contribution in [1.82, 2.24) is 10.2 Å². The molecule has 92 valence electrons. The molecule has 1 unspecified atom stereocenters. The summed E-state index contributed by atoms with van der Waals surface area (Å²) in [4.78, 5) is 14.1. The van der Waals surface area contributed by atoms with Gasteiger partial charge in [0.05, 0.1) is 5.56 Å². The van der Waals surface area contributed by atoms with Gasteiger partial charge < -0.3 is 15.3 Å². The number of hydrogen-bond donors (Lipinski definition) is 2. The molecule has 1 fully saturated rings. The van der Waals surface area contributed by atoms with Gasteiger partial charge in [0, 0.05) is 12.6 Å². The fourth-order valence-corrected chi connectivity index (χ4v) is 2.15. The molecule has 17 heavy (non-hydrogen) atoms. The number of rotatable bonds is 2. The van der Waals surface area contributed by atoms with E-state index in [0.717, 1.165) is 25.1 Å². The normalized spacial score (nSPS) is 20.5. The molecule has 1 heterocycles. The number of carbonyl (C=O) groups is 1. The van der Waals surface area contributed by atoms with E-state index in [0.29, 0.717) is 5.56 Å². The second-order valence-electron chi connectivity index (χ2n) is 4.74. The SMILES string of the molecule is Cc1ccc(C(=O)NC2CCN(C)C2)c(O)c1. The van der Waals surface area contributed by atoms with Gasteiger partial charge in [0.15, 0.2) is 0 Å². The fraction of sp³-hybridized carbons (Fsp3) is 0.462. The Morgan fingerprint density at radius 2 is 2.29 bits per heavy atom. The fourth-order valence-electron chi connectivity index (χ4n) is 2.15. The number of likely N-dealkylation sites (N-methyl/N-ethyl adjacent to an activating group) is 1. The van der Waals surface area contributed by atoms with Gasteiger partial charge in [0.2, 0.25) is 0 Å². The van der Waals surface area contributed by atoms with Crippen LogP contribution in [0.5, 0.6) is 5.75 Å². The van der Waals surface area contributed by atoms with Crippen LogP contribution in [0.2, 0.25) is 0 Å². The third-order valence-electron chi connectivity index (χ3n) is 3.12. The van der Waals surface area contributed by atoms with Gasteiger partial charge in [-0.2, -0.15) is 0 Å². The number of phenols is 1. The van der Waals surface area contributed by atoms with Gasteiger partial charge in [0.1, 0.15) is 5.75 Å². The van der Waals surface area contributed by atoms with Crippen LogP contribution in [-0.2, 0) is 0 Å². The van der Waals surface area contributed by atoms with E-state index in [9.17, 15) is 9.90 Å². The van der Waals surface area contributed by atoms with Gasteiger partial charge in [-0.25, -0.2) is 0 Å².